The van der Waals surface area contributed by atoms with Crippen LogP contribution in [0, 0.1) is 0 Å². The Morgan fingerprint density at radius 2 is 2.23 bits per heavy atom. The van der Waals surface area contributed by atoms with E-state index in [9.17, 15) is 14.4 Å². The van der Waals surface area contributed by atoms with E-state index >= 15 is 0 Å². The third-order valence-corrected chi connectivity index (χ3v) is 4.79. The molecule has 0 radical (unpaired) electrons. The van der Waals surface area contributed by atoms with Crippen molar-refractivity contribution in [3.05, 3.63) is 28.1 Å². The number of nitrogens with one attached hydrogen (secondary N) is 1. The smallest absolute Gasteiger partial charge is 0.305 e. The summed E-state index contributed by atoms with van der Waals surface area (Å²) < 4.78 is 1.25. The van der Waals surface area contributed by atoms with Crippen LogP contribution in [-0.2, 0) is 16.1 Å². The van der Waals surface area contributed by atoms with Crippen LogP contribution in [0.25, 0.3) is 10.2 Å². The highest BCUT2D eigenvalue weighted by Crippen LogP contribution is 2.34. The van der Waals surface area contributed by atoms with Crippen LogP contribution in [0.2, 0.25) is 0 Å². The van der Waals surface area contributed by atoms with Gasteiger partial charge in [-0.15, -0.1) is 11.3 Å². The van der Waals surface area contributed by atoms with Crippen LogP contribution in [-0.4, -0.2) is 32.1 Å². The molecule has 2 aromatic heterocycles. The SMILES string of the molecule is O=C(O)CC1(NC(=O)Cn2cnc3sccc3c2=O)CCC1. The van der Waals surface area contributed by atoms with Crippen LogP contribution in [0.5, 0.6) is 0 Å². The Hall–Kier alpha value is -2.22. The number of rotatable bonds is 5. The van der Waals surface area contributed by atoms with E-state index < -0.39 is 11.5 Å². The molecule has 2 N–H and O–H groups in total. The molecule has 0 spiro atoms. The Kier molecular flexibility index (Phi) is 3.69. The predicted octanol–water partition coefficient (Wildman–Crippen LogP) is 0.972. The summed E-state index contributed by atoms with van der Waals surface area (Å²) in [6, 6.07) is 1.68. The first-order valence-corrected chi connectivity index (χ1v) is 7.83. The number of amides is 1. The quantitative estimate of drug-likeness (QED) is 0.854. The Morgan fingerprint density at radius 1 is 1.45 bits per heavy atom. The number of thiophene rings is 1. The number of hydrogen-bond donors (Lipinski definition) is 2. The van der Waals surface area contributed by atoms with E-state index in [-0.39, 0.29) is 24.4 Å². The van der Waals surface area contributed by atoms with Crippen molar-refractivity contribution >= 4 is 33.4 Å². The average Bonchev–Trinajstić information content (AvgIpc) is 2.88. The van der Waals surface area contributed by atoms with Crippen molar-refractivity contribution in [2.24, 2.45) is 0 Å². The largest absolute Gasteiger partial charge is 0.481 e. The van der Waals surface area contributed by atoms with Crippen LogP contribution in [0.1, 0.15) is 25.7 Å². The average molecular weight is 321 g/mol. The van der Waals surface area contributed by atoms with Gasteiger partial charge in [0.1, 0.15) is 11.4 Å². The molecule has 116 valence electrons. The van der Waals surface area contributed by atoms with Crippen LogP contribution in [0.4, 0.5) is 0 Å². The summed E-state index contributed by atoms with van der Waals surface area (Å²) in [7, 11) is 0. The number of carbonyl (C=O) groups is 2. The first-order chi connectivity index (χ1) is 10.5. The van der Waals surface area contributed by atoms with Gasteiger partial charge in [0.05, 0.1) is 23.7 Å². The highest BCUT2D eigenvalue weighted by atomic mass is 32.1. The van der Waals surface area contributed by atoms with Gasteiger partial charge in [-0.3, -0.25) is 19.0 Å². The standard InChI is InChI=1S/C14H15N3O4S/c18-10(16-14(3-1-4-14)6-11(19)20)7-17-8-15-12-9(13(17)21)2-5-22-12/h2,5,8H,1,3-4,6-7H2,(H,16,18)(H,19,20). The first kappa shape index (κ1) is 14.7. The fourth-order valence-electron chi connectivity index (χ4n) is 2.73. The zero-order valence-electron chi connectivity index (χ0n) is 11.7. The molecule has 0 aliphatic heterocycles. The van der Waals surface area contributed by atoms with Crippen molar-refractivity contribution in [1.29, 1.82) is 0 Å². The normalized spacial score (nSPS) is 16.2. The molecule has 0 atom stereocenters. The summed E-state index contributed by atoms with van der Waals surface area (Å²) in [6.45, 7) is -0.154. The van der Waals surface area contributed by atoms with Crippen LogP contribution < -0.4 is 10.9 Å². The van der Waals surface area contributed by atoms with Gasteiger partial charge >= 0.3 is 5.97 Å². The van der Waals surface area contributed by atoms with E-state index in [1.54, 1.807) is 11.4 Å². The molecule has 22 heavy (non-hydrogen) atoms. The monoisotopic (exact) mass is 321 g/mol. The van der Waals surface area contributed by atoms with Crippen LogP contribution in [0.3, 0.4) is 0 Å². The van der Waals surface area contributed by atoms with E-state index in [1.807, 2.05) is 0 Å². The lowest BCUT2D eigenvalue weighted by Gasteiger charge is -2.41. The van der Waals surface area contributed by atoms with Gasteiger partial charge in [-0.05, 0) is 30.7 Å². The second-order valence-electron chi connectivity index (χ2n) is 5.57. The maximum absolute atomic E-state index is 12.2. The van der Waals surface area contributed by atoms with Crippen LogP contribution in [0.15, 0.2) is 22.6 Å². The van der Waals surface area contributed by atoms with Gasteiger partial charge in [-0.1, -0.05) is 0 Å². The summed E-state index contributed by atoms with van der Waals surface area (Å²) in [5, 5.41) is 14.0. The van der Waals surface area contributed by atoms with Gasteiger partial charge in [0.2, 0.25) is 5.91 Å². The lowest BCUT2D eigenvalue weighted by atomic mass is 9.74. The summed E-state index contributed by atoms with van der Waals surface area (Å²) in [5.41, 5.74) is -0.922. The second kappa shape index (κ2) is 5.53. The molecule has 1 saturated carbocycles. The molecule has 0 aromatic carbocycles. The maximum atomic E-state index is 12.2. The number of fused-ring (bicyclic) bond motifs is 1. The minimum Gasteiger partial charge on any atom is -0.481 e. The van der Waals surface area contributed by atoms with Gasteiger partial charge in [0, 0.05) is 0 Å². The Morgan fingerprint density at radius 3 is 2.86 bits per heavy atom. The summed E-state index contributed by atoms with van der Waals surface area (Å²) in [4.78, 5) is 40.0. The Balaban J connectivity index is 1.74. The van der Waals surface area contributed by atoms with E-state index in [2.05, 4.69) is 10.3 Å². The number of nitrogens with zero attached hydrogens (tertiary/aromatic N) is 2. The molecular weight excluding hydrogens is 306 g/mol. The number of carboxylic acids is 1. The van der Waals surface area contributed by atoms with Crippen LogP contribution >= 0.6 is 11.3 Å². The molecule has 8 heteroatoms. The number of hydrogen-bond acceptors (Lipinski definition) is 5. The van der Waals surface area contributed by atoms with E-state index in [4.69, 9.17) is 5.11 Å². The molecule has 0 saturated heterocycles. The van der Waals surface area contributed by atoms with Crippen molar-refractivity contribution in [1.82, 2.24) is 14.9 Å². The number of carbonyl (C=O) groups excluding carboxylic acids is 1. The fourth-order valence-corrected chi connectivity index (χ4v) is 3.46. The minimum atomic E-state index is -0.932. The third kappa shape index (κ3) is 2.74. The molecule has 2 heterocycles. The van der Waals surface area contributed by atoms with Crippen molar-refractivity contribution in [2.75, 3.05) is 0 Å². The molecule has 2 aromatic rings. The van der Waals surface area contributed by atoms with E-state index in [0.29, 0.717) is 23.1 Å². The second-order valence-corrected chi connectivity index (χ2v) is 6.46. The number of aliphatic carboxylic acids is 1. The van der Waals surface area contributed by atoms with Gasteiger partial charge in [0.15, 0.2) is 0 Å². The van der Waals surface area contributed by atoms with E-state index in [1.165, 1.54) is 22.2 Å². The number of aromatic nitrogens is 2. The van der Waals surface area contributed by atoms with Gasteiger partial charge in [0.25, 0.3) is 5.56 Å². The predicted molar refractivity (Wildman–Crippen MR) is 80.9 cm³/mol. The highest BCUT2D eigenvalue weighted by molar-refractivity contribution is 7.16. The maximum Gasteiger partial charge on any atom is 0.305 e. The Labute approximate surface area is 129 Å². The molecular formula is C14H15N3O4S. The molecule has 0 bridgehead atoms. The van der Waals surface area contributed by atoms with Crippen molar-refractivity contribution in [2.45, 2.75) is 37.8 Å². The highest BCUT2D eigenvalue weighted by Gasteiger charge is 2.40. The minimum absolute atomic E-state index is 0.0878. The lowest BCUT2D eigenvalue weighted by Crippen LogP contribution is -2.55. The fraction of sp³-hybridized carbons (Fsp3) is 0.429. The van der Waals surface area contributed by atoms with Crippen molar-refractivity contribution < 1.29 is 14.7 Å². The summed E-state index contributed by atoms with van der Waals surface area (Å²) in [5.74, 6) is -1.29. The van der Waals surface area contributed by atoms with Crippen molar-refractivity contribution in [3.63, 3.8) is 0 Å². The molecule has 1 fully saturated rings. The molecule has 3 rings (SSSR count). The van der Waals surface area contributed by atoms with E-state index in [0.717, 1.165) is 6.42 Å². The molecule has 1 aliphatic rings. The first-order valence-electron chi connectivity index (χ1n) is 6.95. The topological polar surface area (TPSA) is 101 Å². The third-order valence-electron chi connectivity index (χ3n) is 3.97. The van der Waals surface area contributed by atoms with Crippen molar-refractivity contribution in [3.8, 4) is 0 Å². The number of carboxylic acid groups (broad SMARTS) is 1. The van der Waals surface area contributed by atoms with Gasteiger partial charge in [-0.2, -0.15) is 0 Å². The zero-order chi connectivity index (χ0) is 15.7. The molecule has 1 aliphatic carbocycles. The lowest BCUT2D eigenvalue weighted by molar-refractivity contribution is -0.140. The summed E-state index contributed by atoms with van der Waals surface area (Å²) in [6.07, 6.45) is 3.47. The van der Waals surface area contributed by atoms with Gasteiger partial charge < -0.3 is 10.4 Å². The molecule has 7 nitrogen and oxygen atoms in total. The molecule has 1 amide bonds. The van der Waals surface area contributed by atoms with Gasteiger partial charge in [-0.25, -0.2) is 4.98 Å². The zero-order valence-corrected chi connectivity index (χ0v) is 12.6. The summed E-state index contributed by atoms with van der Waals surface area (Å²) >= 11 is 1.37. The molecule has 0 unspecified atom stereocenters. The Bertz CT molecular complexity index is 791.